The van der Waals surface area contributed by atoms with Crippen LogP contribution in [0.3, 0.4) is 0 Å². The number of nitrogens with one attached hydrogen (secondary N) is 1. The highest BCUT2D eigenvalue weighted by atomic mass is 32.2. The van der Waals surface area contributed by atoms with E-state index in [1.807, 2.05) is 78.9 Å². The lowest BCUT2D eigenvalue weighted by molar-refractivity contribution is -0.122. The van der Waals surface area contributed by atoms with E-state index in [0.717, 1.165) is 21.7 Å². The molecule has 0 saturated carbocycles. The zero-order valence-electron chi connectivity index (χ0n) is 19.1. The Morgan fingerprint density at radius 2 is 1.71 bits per heavy atom. The molecule has 0 bridgehead atoms. The van der Waals surface area contributed by atoms with E-state index in [4.69, 9.17) is 9.47 Å². The average Bonchev–Trinajstić information content (AvgIpc) is 2.87. The number of hydrogen-bond acceptors (Lipinski definition) is 5. The van der Waals surface area contributed by atoms with E-state index >= 15 is 0 Å². The number of anilines is 1. The first-order valence-corrected chi connectivity index (χ1v) is 11.7. The van der Waals surface area contributed by atoms with Crippen LogP contribution in [-0.4, -0.2) is 39.1 Å². The molecule has 7 heteroatoms. The molecule has 0 spiro atoms. The minimum absolute atomic E-state index is 0.0472. The Kier molecular flexibility index (Phi) is 7.54. The summed E-state index contributed by atoms with van der Waals surface area (Å²) in [6, 6.07) is 23.0. The van der Waals surface area contributed by atoms with Crippen molar-refractivity contribution in [2.24, 2.45) is 0 Å². The Morgan fingerprint density at radius 1 is 0.971 bits per heavy atom. The van der Waals surface area contributed by atoms with Crippen LogP contribution in [0.1, 0.15) is 11.1 Å². The maximum Gasteiger partial charge on any atom is 0.265 e. The van der Waals surface area contributed by atoms with Gasteiger partial charge in [0.15, 0.2) is 11.5 Å². The number of benzene rings is 3. The van der Waals surface area contributed by atoms with Crippen LogP contribution in [0, 0.1) is 0 Å². The van der Waals surface area contributed by atoms with Gasteiger partial charge < -0.3 is 14.8 Å². The first kappa shape index (κ1) is 23.4. The number of fused-ring (bicyclic) bond motifs is 1. The van der Waals surface area contributed by atoms with Crippen molar-refractivity contribution < 1.29 is 19.1 Å². The van der Waals surface area contributed by atoms with Gasteiger partial charge >= 0.3 is 0 Å². The number of methoxy groups -OCH3 is 2. The topological polar surface area (TPSA) is 67.9 Å². The summed E-state index contributed by atoms with van der Waals surface area (Å²) in [7, 11) is 3.19. The van der Waals surface area contributed by atoms with Crippen LogP contribution >= 0.6 is 11.8 Å². The summed E-state index contributed by atoms with van der Waals surface area (Å²) >= 11 is 1.43. The quantitative estimate of drug-likeness (QED) is 0.486. The van der Waals surface area contributed by atoms with Crippen LogP contribution in [0.4, 0.5) is 5.69 Å². The third-order valence-corrected chi connectivity index (χ3v) is 6.49. The minimum Gasteiger partial charge on any atom is -0.493 e. The van der Waals surface area contributed by atoms with Crippen molar-refractivity contribution in [2.45, 2.75) is 11.3 Å². The Morgan fingerprint density at radius 3 is 2.47 bits per heavy atom. The summed E-state index contributed by atoms with van der Waals surface area (Å²) in [4.78, 5) is 29.1. The predicted octanol–water partition coefficient (Wildman–Crippen LogP) is 4.54. The van der Waals surface area contributed by atoms with Crippen molar-refractivity contribution in [2.75, 3.05) is 32.2 Å². The SMILES string of the molecule is COc1ccc(CCNC(=O)CN2C(=O)/C(=C/c3ccccc3)Sc3ccccc32)cc1OC. The van der Waals surface area contributed by atoms with Crippen LogP contribution in [0.25, 0.3) is 6.08 Å². The molecule has 0 unspecified atom stereocenters. The second kappa shape index (κ2) is 10.9. The van der Waals surface area contributed by atoms with Crippen molar-refractivity contribution in [3.8, 4) is 11.5 Å². The molecular formula is C27H26N2O4S. The fourth-order valence-corrected chi connectivity index (χ4v) is 4.76. The smallest absolute Gasteiger partial charge is 0.265 e. The number of hydrogen-bond donors (Lipinski definition) is 1. The summed E-state index contributed by atoms with van der Waals surface area (Å²) in [5.41, 5.74) is 2.71. The van der Waals surface area contributed by atoms with E-state index in [0.29, 0.717) is 29.4 Å². The third kappa shape index (κ3) is 5.43. The van der Waals surface area contributed by atoms with E-state index in [1.165, 1.54) is 11.8 Å². The van der Waals surface area contributed by atoms with E-state index in [9.17, 15) is 9.59 Å². The van der Waals surface area contributed by atoms with Gasteiger partial charge in [0.25, 0.3) is 5.91 Å². The molecule has 1 heterocycles. The highest BCUT2D eigenvalue weighted by Crippen LogP contribution is 2.41. The molecule has 0 radical (unpaired) electrons. The minimum atomic E-state index is -0.213. The fraction of sp³-hybridized carbons (Fsp3) is 0.185. The van der Waals surface area contributed by atoms with Gasteiger partial charge in [-0.05, 0) is 47.9 Å². The normalized spacial score (nSPS) is 14.0. The fourth-order valence-electron chi connectivity index (χ4n) is 3.70. The second-order valence-electron chi connectivity index (χ2n) is 7.67. The molecule has 0 atom stereocenters. The standard InChI is InChI=1S/C27H26N2O4S/c1-32-22-13-12-20(16-23(22)33-2)14-15-28-26(30)18-29-21-10-6-7-11-24(21)34-25(27(29)31)17-19-8-4-3-5-9-19/h3-13,16-17H,14-15,18H2,1-2H3,(H,28,30)/b25-17-. The summed E-state index contributed by atoms with van der Waals surface area (Å²) in [6.07, 6.45) is 2.50. The molecule has 0 saturated heterocycles. The molecular weight excluding hydrogens is 448 g/mol. The Hall–Kier alpha value is -3.71. The molecule has 174 valence electrons. The molecule has 3 aromatic carbocycles. The van der Waals surface area contributed by atoms with Crippen molar-refractivity contribution in [3.63, 3.8) is 0 Å². The summed E-state index contributed by atoms with van der Waals surface area (Å²) in [5, 5.41) is 2.93. The lowest BCUT2D eigenvalue weighted by Gasteiger charge is -2.29. The van der Waals surface area contributed by atoms with E-state index in [1.54, 1.807) is 19.1 Å². The number of thioether (sulfide) groups is 1. The molecule has 0 fully saturated rings. The van der Waals surface area contributed by atoms with Gasteiger partial charge in [0.05, 0.1) is 24.8 Å². The Balaban J connectivity index is 1.44. The highest BCUT2D eigenvalue weighted by molar-refractivity contribution is 8.04. The zero-order valence-corrected chi connectivity index (χ0v) is 19.9. The summed E-state index contributed by atoms with van der Waals surface area (Å²) < 4.78 is 10.6. The van der Waals surface area contributed by atoms with Crippen LogP contribution in [0.15, 0.2) is 82.6 Å². The number of ether oxygens (including phenoxy) is 2. The lowest BCUT2D eigenvalue weighted by atomic mass is 10.1. The molecule has 1 N–H and O–H groups in total. The van der Waals surface area contributed by atoms with E-state index in [-0.39, 0.29) is 18.4 Å². The first-order valence-electron chi connectivity index (χ1n) is 10.9. The van der Waals surface area contributed by atoms with Crippen molar-refractivity contribution >= 4 is 35.3 Å². The van der Waals surface area contributed by atoms with Gasteiger partial charge in [-0.3, -0.25) is 14.5 Å². The average molecular weight is 475 g/mol. The lowest BCUT2D eigenvalue weighted by Crippen LogP contribution is -2.43. The molecule has 4 rings (SSSR count). The van der Waals surface area contributed by atoms with Gasteiger partial charge in [-0.15, -0.1) is 0 Å². The van der Waals surface area contributed by atoms with Crippen molar-refractivity contribution in [1.29, 1.82) is 0 Å². The number of carbonyl (C=O) groups excluding carboxylic acids is 2. The van der Waals surface area contributed by atoms with Gasteiger partial charge in [-0.25, -0.2) is 0 Å². The molecule has 34 heavy (non-hydrogen) atoms. The van der Waals surface area contributed by atoms with Gasteiger partial charge in [0.2, 0.25) is 5.91 Å². The monoisotopic (exact) mass is 474 g/mol. The molecule has 2 amide bonds. The number of amides is 2. The number of para-hydroxylation sites is 1. The van der Waals surface area contributed by atoms with Crippen LogP contribution in [-0.2, 0) is 16.0 Å². The molecule has 3 aromatic rings. The zero-order chi connectivity index (χ0) is 23.9. The van der Waals surface area contributed by atoms with Gasteiger partial charge in [0, 0.05) is 11.4 Å². The molecule has 1 aliphatic heterocycles. The third-order valence-electron chi connectivity index (χ3n) is 5.41. The molecule has 1 aliphatic rings. The summed E-state index contributed by atoms with van der Waals surface area (Å²) in [5.74, 6) is 0.920. The van der Waals surface area contributed by atoms with Crippen LogP contribution in [0.5, 0.6) is 11.5 Å². The van der Waals surface area contributed by atoms with Gasteiger partial charge in [0.1, 0.15) is 6.54 Å². The van der Waals surface area contributed by atoms with E-state index in [2.05, 4.69) is 5.32 Å². The number of nitrogens with zero attached hydrogens (tertiary/aromatic N) is 1. The van der Waals surface area contributed by atoms with Crippen LogP contribution in [0.2, 0.25) is 0 Å². The molecule has 0 aromatic heterocycles. The van der Waals surface area contributed by atoms with Crippen LogP contribution < -0.4 is 19.7 Å². The highest BCUT2D eigenvalue weighted by Gasteiger charge is 2.30. The van der Waals surface area contributed by atoms with E-state index < -0.39 is 0 Å². The second-order valence-corrected chi connectivity index (χ2v) is 8.75. The Labute approximate surface area is 203 Å². The van der Waals surface area contributed by atoms with Crippen molar-refractivity contribution in [3.05, 3.63) is 88.8 Å². The summed E-state index contributed by atoms with van der Waals surface area (Å²) in [6.45, 7) is 0.397. The maximum absolute atomic E-state index is 13.3. The maximum atomic E-state index is 13.3. The van der Waals surface area contributed by atoms with Crippen molar-refractivity contribution in [1.82, 2.24) is 5.32 Å². The molecule has 0 aliphatic carbocycles. The van der Waals surface area contributed by atoms with Gasteiger partial charge in [-0.1, -0.05) is 60.3 Å². The Bertz CT molecular complexity index is 1210. The molecule has 6 nitrogen and oxygen atoms in total. The predicted molar refractivity (Wildman–Crippen MR) is 135 cm³/mol. The first-order chi connectivity index (χ1) is 16.6. The largest absolute Gasteiger partial charge is 0.493 e. The number of carbonyl (C=O) groups is 2. The van der Waals surface area contributed by atoms with Gasteiger partial charge in [-0.2, -0.15) is 0 Å². The number of rotatable bonds is 8.